The summed E-state index contributed by atoms with van der Waals surface area (Å²) in [7, 11) is 1.62. The lowest BCUT2D eigenvalue weighted by molar-refractivity contribution is 0.0950. The van der Waals surface area contributed by atoms with Crippen molar-refractivity contribution in [3.8, 4) is 11.4 Å². The van der Waals surface area contributed by atoms with E-state index in [-0.39, 0.29) is 18.3 Å². The van der Waals surface area contributed by atoms with E-state index in [1.54, 1.807) is 31.4 Å². The van der Waals surface area contributed by atoms with Crippen LogP contribution in [0.5, 0.6) is 0 Å². The van der Waals surface area contributed by atoms with E-state index in [4.69, 9.17) is 4.74 Å². The average Bonchev–Trinajstić information content (AvgIpc) is 3.10. The van der Waals surface area contributed by atoms with Crippen molar-refractivity contribution in [3.63, 3.8) is 0 Å². The summed E-state index contributed by atoms with van der Waals surface area (Å²) in [6.07, 6.45) is 0. The summed E-state index contributed by atoms with van der Waals surface area (Å²) in [6, 6.07) is 13.1. The summed E-state index contributed by atoms with van der Waals surface area (Å²) in [6.45, 7) is 0.721. The Morgan fingerprint density at radius 2 is 1.88 bits per heavy atom. The molecule has 0 atom stereocenters. The first kappa shape index (κ1) is 16.8. The van der Waals surface area contributed by atoms with Crippen LogP contribution in [0.2, 0.25) is 0 Å². The fourth-order valence-corrected chi connectivity index (χ4v) is 2.29. The summed E-state index contributed by atoms with van der Waals surface area (Å²) in [4.78, 5) is 16.4. The Labute approximate surface area is 144 Å². The van der Waals surface area contributed by atoms with Gasteiger partial charge in [0.15, 0.2) is 5.82 Å². The molecule has 3 rings (SSSR count). The molecule has 2 N–H and O–H groups in total. The smallest absolute Gasteiger partial charge is 0.251 e. The van der Waals surface area contributed by atoms with E-state index < -0.39 is 0 Å². The van der Waals surface area contributed by atoms with E-state index in [9.17, 15) is 9.18 Å². The molecular weight excluding hydrogens is 323 g/mol. The molecule has 6 nitrogen and oxygen atoms in total. The maximum Gasteiger partial charge on any atom is 0.251 e. The van der Waals surface area contributed by atoms with Gasteiger partial charge in [-0.15, -0.1) is 0 Å². The normalized spacial score (nSPS) is 10.6. The molecule has 0 aliphatic heterocycles. The first-order valence-corrected chi connectivity index (χ1v) is 7.69. The molecule has 0 aliphatic carbocycles. The molecule has 0 aliphatic rings. The van der Waals surface area contributed by atoms with Crippen molar-refractivity contribution < 1.29 is 13.9 Å². The van der Waals surface area contributed by atoms with Crippen molar-refractivity contribution in [3.05, 3.63) is 71.3 Å². The third-order valence-corrected chi connectivity index (χ3v) is 3.58. The number of rotatable bonds is 6. The Balaban J connectivity index is 1.60. The number of carbonyl (C=O) groups is 1. The van der Waals surface area contributed by atoms with Crippen LogP contribution in [-0.4, -0.2) is 28.2 Å². The van der Waals surface area contributed by atoms with Crippen LogP contribution in [0, 0.1) is 5.82 Å². The van der Waals surface area contributed by atoms with Gasteiger partial charge in [0.25, 0.3) is 5.91 Å². The molecule has 3 aromatic rings. The summed E-state index contributed by atoms with van der Waals surface area (Å²) in [5, 5.41) is 9.62. The van der Waals surface area contributed by atoms with Gasteiger partial charge in [-0.1, -0.05) is 12.1 Å². The van der Waals surface area contributed by atoms with E-state index in [2.05, 4.69) is 20.5 Å². The number of nitrogens with one attached hydrogen (secondary N) is 2. The highest BCUT2D eigenvalue weighted by Crippen LogP contribution is 2.14. The largest absolute Gasteiger partial charge is 0.380 e. The minimum absolute atomic E-state index is 0.205. The number of halogens is 1. The van der Waals surface area contributed by atoms with Gasteiger partial charge < -0.3 is 10.1 Å². The highest BCUT2D eigenvalue weighted by molar-refractivity contribution is 5.94. The third-order valence-electron chi connectivity index (χ3n) is 3.58. The second-order valence-corrected chi connectivity index (χ2v) is 5.43. The number of aromatic nitrogens is 3. The molecular formula is C18H17FN4O2. The molecule has 1 aromatic heterocycles. The second-order valence-electron chi connectivity index (χ2n) is 5.43. The summed E-state index contributed by atoms with van der Waals surface area (Å²) in [5.41, 5.74) is 2.25. The van der Waals surface area contributed by atoms with Gasteiger partial charge in [0.2, 0.25) is 0 Å². The van der Waals surface area contributed by atoms with Gasteiger partial charge in [0.05, 0.1) is 13.2 Å². The maximum absolute atomic E-state index is 12.9. The van der Waals surface area contributed by atoms with Gasteiger partial charge >= 0.3 is 0 Å². The SMILES string of the molecule is COCc1ccc(C(=O)NCc2nc(-c3ccc(F)cc3)n[nH]2)cc1. The number of hydrogen-bond donors (Lipinski definition) is 2. The highest BCUT2D eigenvalue weighted by atomic mass is 19.1. The number of nitrogens with zero attached hydrogens (tertiary/aromatic N) is 2. The van der Waals surface area contributed by atoms with E-state index >= 15 is 0 Å². The molecule has 0 bridgehead atoms. The molecule has 7 heteroatoms. The van der Waals surface area contributed by atoms with E-state index in [1.807, 2.05) is 12.1 Å². The topological polar surface area (TPSA) is 79.9 Å². The van der Waals surface area contributed by atoms with Gasteiger partial charge in [0.1, 0.15) is 11.6 Å². The van der Waals surface area contributed by atoms with Crippen LogP contribution in [0.15, 0.2) is 48.5 Å². The lowest BCUT2D eigenvalue weighted by atomic mass is 10.1. The number of ether oxygens (including phenoxy) is 1. The van der Waals surface area contributed by atoms with E-state index in [0.717, 1.165) is 5.56 Å². The zero-order valence-electron chi connectivity index (χ0n) is 13.6. The molecule has 128 valence electrons. The van der Waals surface area contributed by atoms with Crippen molar-refractivity contribution in [1.82, 2.24) is 20.5 Å². The van der Waals surface area contributed by atoms with Gasteiger partial charge in [-0.25, -0.2) is 9.37 Å². The predicted molar refractivity (Wildman–Crippen MR) is 90.1 cm³/mol. The van der Waals surface area contributed by atoms with Crippen molar-refractivity contribution in [2.24, 2.45) is 0 Å². The summed E-state index contributed by atoms with van der Waals surface area (Å²) in [5.74, 6) is 0.448. The Morgan fingerprint density at radius 1 is 1.16 bits per heavy atom. The Morgan fingerprint density at radius 3 is 2.56 bits per heavy atom. The molecule has 0 saturated carbocycles. The number of hydrogen-bond acceptors (Lipinski definition) is 4. The molecule has 1 amide bonds. The summed E-state index contributed by atoms with van der Waals surface area (Å²) >= 11 is 0. The number of H-pyrrole nitrogens is 1. The minimum Gasteiger partial charge on any atom is -0.380 e. The Kier molecular flexibility index (Phi) is 5.15. The van der Waals surface area contributed by atoms with Crippen molar-refractivity contribution in [2.75, 3.05) is 7.11 Å². The number of carbonyl (C=O) groups excluding carboxylic acids is 1. The van der Waals surface area contributed by atoms with Crippen LogP contribution in [0.25, 0.3) is 11.4 Å². The van der Waals surface area contributed by atoms with Crippen LogP contribution in [-0.2, 0) is 17.9 Å². The highest BCUT2D eigenvalue weighted by Gasteiger charge is 2.09. The number of methoxy groups -OCH3 is 1. The lowest BCUT2D eigenvalue weighted by Gasteiger charge is -2.04. The minimum atomic E-state index is -0.316. The van der Waals surface area contributed by atoms with Gasteiger partial charge in [-0.2, -0.15) is 5.10 Å². The number of benzene rings is 2. The average molecular weight is 340 g/mol. The Bertz CT molecular complexity index is 844. The zero-order chi connectivity index (χ0) is 17.6. The number of amides is 1. The standard InChI is InChI=1S/C18H17FN4O2/c1-25-11-12-2-4-14(5-3-12)18(24)20-10-16-21-17(23-22-16)13-6-8-15(19)9-7-13/h2-9H,10-11H2,1H3,(H,20,24)(H,21,22,23). The van der Waals surface area contributed by atoms with Crippen LogP contribution in [0.4, 0.5) is 4.39 Å². The monoisotopic (exact) mass is 340 g/mol. The predicted octanol–water partition coefficient (Wildman–Crippen LogP) is 2.69. The van der Waals surface area contributed by atoms with Crippen LogP contribution in [0.3, 0.4) is 0 Å². The summed E-state index contributed by atoms with van der Waals surface area (Å²) < 4.78 is 18.0. The molecule has 0 fully saturated rings. The number of aromatic amines is 1. The molecule has 0 radical (unpaired) electrons. The second kappa shape index (κ2) is 7.67. The third kappa shape index (κ3) is 4.27. The molecule has 1 heterocycles. The maximum atomic E-state index is 12.9. The van der Waals surface area contributed by atoms with E-state index in [1.165, 1.54) is 12.1 Å². The quantitative estimate of drug-likeness (QED) is 0.723. The van der Waals surface area contributed by atoms with Gasteiger partial charge in [-0.05, 0) is 42.0 Å². The first-order valence-electron chi connectivity index (χ1n) is 7.69. The molecule has 0 spiro atoms. The van der Waals surface area contributed by atoms with Gasteiger partial charge in [0, 0.05) is 18.2 Å². The fourth-order valence-electron chi connectivity index (χ4n) is 2.29. The first-order chi connectivity index (χ1) is 12.2. The van der Waals surface area contributed by atoms with E-state index in [0.29, 0.717) is 29.4 Å². The molecule has 0 unspecified atom stereocenters. The van der Waals surface area contributed by atoms with Crippen molar-refractivity contribution in [2.45, 2.75) is 13.2 Å². The zero-order valence-corrected chi connectivity index (χ0v) is 13.6. The van der Waals surface area contributed by atoms with Crippen LogP contribution in [0.1, 0.15) is 21.7 Å². The molecule has 2 aromatic carbocycles. The molecule has 25 heavy (non-hydrogen) atoms. The van der Waals surface area contributed by atoms with Gasteiger partial charge in [-0.3, -0.25) is 9.89 Å². The lowest BCUT2D eigenvalue weighted by Crippen LogP contribution is -2.23. The van der Waals surface area contributed by atoms with Crippen molar-refractivity contribution >= 4 is 5.91 Å². The Hall–Kier alpha value is -3.06. The van der Waals surface area contributed by atoms with Crippen molar-refractivity contribution in [1.29, 1.82) is 0 Å². The van der Waals surface area contributed by atoms with Crippen LogP contribution < -0.4 is 5.32 Å². The molecule has 0 saturated heterocycles. The van der Waals surface area contributed by atoms with Crippen LogP contribution >= 0.6 is 0 Å². The fraction of sp³-hybridized carbons (Fsp3) is 0.167.